The Morgan fingerprint density at radius 2 is 2.18 bits per heavy atom. The van der Waals surface area contributed by atoms with Crippen molar-refractivity contribution < 1.29 is 13.6 Å². The van der Waals surface area contributed by atoms with E-state index in [1.807, 2.05) is 0 Å². The summed E-state index contributed by atoms with van der Waals surface area (Å²) in [6, 6.07) is -0.400. The van der Waals surface area contributed by atoms with Crippen molar-refractivity contribution in [2.24, 2.45) is 5.92 Å². The third-order valence-corrected chi connectivity index (χ3v) is 2.17. The maximum atomic E-state index is 12.8. The molecule has 2 unspecified atom stereocenters. The van der Waals surface area contributed by atoms with Crippen LogP contribution in [0.4, 0.5) is 8.78 Å². The Hall–Kier alpha value is -0.670. The normalized spacial score (nSPS) is 35.5. The summed E-state index contributed by atoms with van der Waals surface area (Å²) in [4.78, 5) is 10.6. The number of hydrogen-bond donors (Lipinski definition) is 1. The minimum Gasteiger partial charge on any atom is -0.348 e. The number of nitrogens with one attached hydrogen (secondary N) is 1. The van der Waals surface area contributed by atoms with Gasteiger partial charge in [0, 0.05) is 6.04 Å². The van der Waals surface area contributed by atoms with Crippen molar-refractivity contribution in [2.45, 2.75) is 32.2 Å². The number of alkyl halides is 2. The van der Waals surface area contributed by atoms with Crippen LogP contribution in [0.25, 0.3) is 0 Å². The Balaban J connectivity index is 2.84. The fraction of sp³-hybridized carbons (Fsp3) is 0.857. The van der Waals surface area contributed by atoms with Crippen molar-refractivity contribution in [3.63, 3.8) is 0 Å². The van der Waals surface area contributed by atoms with E-state index in [-0.39, 0.29) is 0 Å². The third kappa shape index (κ3) is 1.10. The summed E-state index contributed by atoms with van der Waals surface area (Å²) >= 11 is 0. The van der Waals surface area contributed by atoms with Crippen LogP contribution in [-0.2, 0) is 4.79 Å². The van der Waals surface area contributed by atoms with Crippen molar-refractivity contribution in [1.82, 2.24) is 5.32 Å². The maximum Gasteiger partial charge on any atom is 0.329 e. The summed E-state index contributed by atoms with van der Waals surface area (Å²) < 4.78 is 25.7. The molecule has 2 nitrogen and oxygen atoms in total. The molecular formula is C7H11F2NO. The van der Waals surface area contributed by atoms with Crippen molar-refractivity contribution >= 4 is 5.91 Å². The molecule has 4 heteroatoms. The van der Waals surface area contributed by atoms with E-state index in [0.717, 1.165) is 0 Å². The van der Waals surface area contributed by atoms with Gasteiger partial charge >= 0.3 is 5.92 Å². The highest BCUT2D eigenvalue weighted by atomic mass is 19.3. The SMILES string of the molecule is CCC1C(C)NC(=O)C1(F)F. The standard InChI is InChI=1S/C7H11F2NO/c1-3-5-4(2)10-6(11)7(5,8)9/h4-5H,3H2,1-2H3,(H,10,11). The van der Waals surface area contributed by atoms with Crippen LogP contribution in [0.3, 0.4) is 0 Å². The van der Waals surface area contributed by atoms with E-state index in [9.17, 15) is 13.6 Å². The van der Waals surface area contributed by atoms with Crippen molar-refractivity contribution in [1.29, 1.82) is 0 Å². The van der Waals surface area contributed by atoms with Crippen LogP contribution in [0.1, 0.15) is 20.3 Å². The van der Waals surface area contributed by atoms with Gasteiger partial charge in [0.1, 0.15) is 0 Å². The van der Waals surface area contributed by atoms with Gasteiger partial charge in [0.15, 0.2) is 0 Å². The van der Waals surface area contributed by atoms with Gasteiger partial charge in [-0.05, 0) is 13.3 Å². The summed E-state index contributed by atoms with van der Waals surface area (Å²) in [5.41, 5.74) is 0. The second-order valence-corrected chi connectivity index (χ2v) is 2.90. The van der Waals surface area contributed by atoms with E-state index in [2.05, 4.69) is 5.32 Å². The number of amides is 1. The highest BCUT2D eigenvalue weighted by Gasteiger charge is 2.54. The van der Waals surface area contributed by atoms with Crippen LogP contribution >= 0.6 is 0 Å². The molecule has 0 saturated carbocycles. The van der Waals surface area contributed by atoms with E-state index in [4.69, 9.17) is 0 Å². The van der Waals surface area contributed by atoms with E-state index in [1.54, 1.807) is 13.8 Å². The van der Waals surface area contributed by atoms with Gasteiger partial charge in [0.05, 0.1) is 5.92 Å². The molecule has 0 radical (unpaired) electrons. The van der Waals surface area contributed by atoms with Crippen molar-refractivity contribution in [2.75, 3.05) is 0 Å². The van der Waals surface area contributed by atoms with Gasteiger partial charge in [-0.15, -0.1) is 0 Å². The van der Waals surface area contributed by atoms with Gasteiger partial charge < -0.3 is 5.32 Å². The summed E-state index contributed by atoms with van der Waals surface area (Å²) in [6.07, 6.45) is 0.326. The molecule has 0 aliphatic carbocycles. The van der Waals surface area contributed by atoms with Crippen LogP contribution in [0.15, 0.2) is 0 Å². The average molecular weight is 163 g/mol. The molecule has 1 aliphatic rings. The fourth-order valence-corrected chi connectivity index (χ4v) is 1.50. The molecule has 1 heterocycles. The summed E-state index contributed by atoms with van der Waals surface area (Å²) in [6.45, 7) is 3.27. The summed E-state index contributed by atoms with van der Waals surface area (Å²) in [5.74, 6) is -5.12. The molecule has 0 aromatic heterocycles. The zero-order chi connectivity index (χ0) is 8.65. The molecule has 2 atom stereocenters. The number of halogens is 2. The summed E-state index contributed by atoms with van der Waals surface area (Å²) in [5, 5.41) is 2.22. The Morgan fingerprint density at radius 1 is 1.64 bits per heavy atom. The molecule has 0 aromatic carbocycles. The molecule has 1 aliphatic heterocycles. The van der Waals surface area contributed by atoms with Gasteiger partial charge in [0.25, 0.3) is 5.91 Å². The molecule has 11 heavy (non-hydrogen) atoms. The van der Waals surface area contributed by atoms with Crippen LogP contribution in [0.2, 0.25) is 0 Å². The predicted molar refractivity (Wildman–Crippen MR) is 36.3 cm³/mol. The average Bonchev–Trinajstić information content (AvgIpc) is 2.04. The van der Waals surface area contributed by atoms with Gasteiger partial charge in [-0.25, -0.2) is 0 Å². The van der Waals surface area contributed by atoms with Crippen LogP contribution in [0.5, 0.6) is 0 Å². The largest absolute Gasteiger partial charge is 0.348 e. The highest BCUT2D eigenvalue weighted by molar-refractivity contribution is 5.86. The minimum atomic E-state index is -3.16. The quantitative estimate of drug-likeness (QED) is 0.617. The van der Waals surface area contributed by atoms with Crippen LogP contribution < -0.4 is 5.32 Å². The van der Waals surface area contributed by atoms with Gasteiger partial charge in [-0.3, -0.25) is 4.79 Å². The Bertz CT molecular complexity index is 181. The lowest BCUT2D eigenvalue weighted by atomic mass is 9.96. The van der Waals surface area contributed by atoms with E-state index < -0.39 is 23.8 Å². The molecule has 1 saturated heterocycles. The first-order valence-corrected chi connectivity index (χ1v) is 3.69. The first-order chi connectivity index (χ1) is 5.00. The Labute approximate surface area is 64.0 Å². The molecule has 1 N–H and O–H groups in total. The zero-order valence-electron chi connectivity index (χ0n) is 6.53. The molecule has 1 rings (SSSR count). The molecule has 1 amide bonds. The molecule has 0 bridgehead atoms. The lowest BCUT2D eigenvalue weighted by Crippen LogP contribution is -2.32. The maximum absolute atomic E-state index is 12.8. The number of carbonyl (C=O) groups is 1. The van der Waals surface area contributed by atoms with Crippen LogP contribution in [-0.4, -0.2) is 17.9 Å². The van der Waals surface area contributed by atoms with Crippen LogP contribution in [0, 0.1) is 5.92 Å². The number of hydrogen-bond acceptors (Lipinski definition) is 1. The second-order valence-electron chi connectivity index (χ2n) is 2.90. The minimum absolute atomic E-state index is 0.326. The van der Waals surface area contributed by atoms with E-state index in [0.29, 0.717) is 6.42 Å². The number of rotatable bonds is 1. The smallest absolute Gasteiger partial charge is 0.329 e. The van der Waals surface area contributed by atoms with Gasteiger partial charge in [-0.1, -0.05) is 6.92 Å². The topological polar surface area (TPSA) is 29.1 Å². The first kappa shape index (κ1) is 8.43. The fourth-order valence-electron chi connectivity index (χ4n) is 1.50. The van der Waals surface area contributed by atoms with Gasteiger partial charge in [-0.2, -0.15) is 8.78 Å². The number of carbonyl (C=O) groups excluding carboxylic acids is 1. The van der Waals surface area contributed by atoms with Gasteiger partial charge in [0.2, 0.25) is 0 Å². The Kier molecular flexibility index (Phi) is 1.86. The predicted octanol–water partition coefficient (Wildman–Crippen LogP) is 1.17. The van der Waals surface area contributed by atoms with E-state index >= 15 is 0 Å². The monoisotopic (exact) mass is 163 g/mol. The molecule has 0 spiro atoms. The molecule has 64 valence electrons. The third-order valence-electron chi connectivity index (χ3n) is 2.17. The first-order valence-electron chi connectivity index (χ1n) is 3.69. The zero-order valence-corrected chi connectivity index (χ0v) is 6.53. The molecular weight excluding hydrogens is 152 g/mol. The van der Waals surface area contributed by atoms with Crippen molar-refractivity contribution in [3.05, 3.63) is 0 Å². The lowest BCUT2D eigenvalue weighted by Gasteiger charge is -2.16. The van der Waals surface area contributed by atoms with E-state index in [1.165, 1.54) is 0 Å². The second kappa shape index (κ2) is 2.43. The summed E-state index contributed by atoms with van der Waals surface area (Å²) in [7, 11) is 0. The van der Waals surface area contributed by atoms with Crippen molar-refractivity contribution in [3.8, 4) is 0 Å². The highest BCUT2D eigenvalue weighted by Crippen LogP contribution is 2.35. The molecule has 1 fully saturated rings. The Morgan fingerprint density at radius 3 is 2.36 bits per heavy atom. The molecule has 0 aromatic rings. The lowest BCUT2D eigenvalue weighted by molar-refractivity contribution is -0.144.